The largest absolute Gasteiger partial charge is 0.497 e. The van der Waals surface area contributed by atoms with E-state index in [9.17, 15) is 4.79 Å². The first-order valence-electron chi connectivity index (χ1n) is 10.8. The van der Waals surface area contributed by atoms with Gasteiger partial charge >= 0.3 is 0 Å². The molecule has 2 aromatic carbocycles. The number of ether oxygens (including phenoxy) is 1. The molecule has 0 aliphatic carbocycles. The Balaban J connectivity index is 1.44. The van der Waals surface area contributed by atoms with Gasteiger partial charge in [-0.15, -0.1) is 21.5 Å². The van der Waals surface area contributed by atoms with E-state index in [2.05, 4.69) is 21.6 Å². The van der Waals surface area contributed by atoms with Gasteiger partial charge in [-0.2, -0.15) is 0 Å². The standard InChI is InChI=1S/C25H24N4O2S2/c1-17(24(30)28-13-11-22-19(16-28)12-14-32-22)33-25-27-26-23(18-7-6-10-21(15-18)31-2)29(25)20-8-4-3-5-9-20/h3-10,12,14-15,17H,11,13,16H2,1-2H3. The van der Waals surface area contributed by atoms with Gasteiger partial charge in [0.1, 0.15) is 5.75 Å². The first-order valence-corrected chi connectivity index (χ1v) is 12.6. The van der Waals surface area contributed by atoms with E-state index in [-0.39, 0.29) is 11.2 Å². The maximum Gasteiger partial charge on any atom is 0.236 e. The Labute approximate surface area is 201 Å². The van der Waals surface area contributed by atoms with Gasteiger partial charge in [-0.3, -0.25) is 9.36 Å². The van der Waals surface area contributed by atoms with Gasteiger partial charge in [0.05, 0.1) is 12.4 Å². The molecule has 0 saturated heterocycles. The molecule has 6 nitrogen and oxygen atoms in total. The quantitative estimate of drug-likeness (QED) is 0.364. The minimum atomic E-state index is -0.282. The topological polar surface area (TPSA) is 60.3 Å². The Morgan fingerprint density at radius 3 is 2.79 bits per heavy atom. The Morgan fingerprint density at radius 2 is 1.97 bits per heavy atom. The van der Waals surface area contributed by atoms with E-state index in [1.54, 1.807) is 18.4 Å². The molecule has 5 rings (SSSR count). The molecular weight excluding hydrogens is 452 g/mol. The fourth-order valence-electron chi connectivity index (χ4n) is 4.01. The first-order chi connectivity index (χ1) is 16.1. The highest BCUT2D eigenvalue weighted by atomic mass is 32.2. The van der Waals surface area contributed by atoms with Crippen molar-refractivity contribution in [3.63, 3.8) is 0 Å². The number of aromatic nitrogens is 3. The van der Waals surface area contributed by atoms with Crippen LogP contribution in [0.5, 0.6) is 5.75 Å². The summed E-state index contributed by atoms with van der Waals surface area (Å²) in [7, 11) is 1.65. The second-order valence-electron chi connectivity index (χ2n) is 7.85. The van der Waals surface area contributed by atoms with Crippen molar-refractivity contribution >= 4 is 29.0 Å². The zero-order valence-corrected chi connectivity index (χ0v) is 20.1. The number of methoxy groups -OCH3 is 1. The summed E-state index contributed by atoms with van der Waals surface area (Å²) in [4.78, 5) is 16.6. The zero-order valence-electron chi connectivity index (χ0n) is 18.5. The van der Waals surface area contributed by atoms with Crippen LogP contribution in [0, 0.1) is 0 Å². The van der Waals surface area contributed by atoms with Gasteiger partial charge in [0.15, 0.2) is 11.0 Å². The summed E-state index contributed by atoms with van der Waals surface area (Å²) in [6.07, 6.45) is 0.927. The van der Waals surface area contributed by atoms with E-state index in [1.165, 1.54) is 22.2 Å². The van der Waals surface area contributed by atoms with Crippen molar-refractivity contribution in [1.29, 1.82) is 0 Å². The van der Waals surface area contributed by atoms with E-state index < -0.39 is 0 Å². The van der Waals surface area contributed by atoms with Crippen LogP contribution in [-0.4, -0.2) is 44.5 Å². The number of carbonyl (C=O) groups excluding carboxylic acids is 1. The zero-order chi connectivity index (χ0) is 22.8. The lowest BCUT2D eigenvalue weighted by atomic mass is 10.1. The van der Waals surface area contributed by atoms with Gasteiger partial charge in [-0.1, -0.05) is 42.1 Å². The number of hydrogen-bond donors (Lipinski definition) is 0. The number of amides is 1. The Kier molecular flexibility index (Phi) is 6.20. The molecule has 1 aliphatic heterocycles. The molecule has 168 valence electrons. The number of rotatable bonds is 6. The lowest BCUT2D eigenvalue weighted by Gasteiger charge is -2.29. The Morgan fingerprint density at radius 1 is 1.12 bits per heavy atom. The first kappa shape index (κ1) is 21.7. The van der Waals surface area contributed by atoms with Crippen LogP contribution >= 0.6 is 23.1 Å². The van der Waals surface area contributed by atoms with Crippen molar-refractivity contribution in [2.45, 2.75) is 30.3 Å². The number of carbonyl (C=O) groups is 1. The van der Waals surface area contributed by atoms with E-state index in [1.807, 2.05) is 71.0 Å². The van der Waals surface area contributed by atoms with Crippen LogP contribution in [0.25, 0.3) is 17.1 Å². The van der Waals surface area contributed by atoms with Gasteiger partial charge in [-0.05, 0) is 54.6 Å². The fraction of sp³-hybridized carbons (Fsp3) is 0.240. The van der Waals surface area contributed by atoms with E-state index >= 15 is 0 Å². The third-order valence-corrected chi connectivity index (χ3v) is 7.78. The second-order valence-corrected chi connectivity index (χ2v) is 10.2. The molecule has 4 aromatic rings. The van der Waals surface area contributed by atoms with Gasteiger partial charge in [0, 0.05) is 29.2 Å². The van der Waals surface area contributed by atoms with Crippen molar-refractivity contribution in [2.24, 2.45) is 0 Å². The smallest absolute Gasteiger partial charge is 0.236 e. The molecule has 1 aliphatic rings. The molecular formula is C25H24N4O2S2. The van der Waals surface area contributed by atoms with Crippen LogP contribution in [0.15, 0.2) is 71.2 Å². The fourth-order valence-corrected chi connectivity index (χ4v) is 5.85. The van der Waals surface area contributed by atoms with Crippen molar-refractivity contribution in [3.05, 3.63) is 76.5 Å². The molecule has 8 heteroatoms. The number of nitrogens with zero attached hydrogens (tertiary/aromatic N) is 4. The van der Waals surface area contributed by atoms with Gasteiger partial charge < -0.3 is 9.64 Å². The molecule has 0 N–H and O–H groups in total. The van der Waals surface area contributed by atoms with Crippen LogP contribution in [0.3, 0.4) is 0 Å². The molecule has 2 aromatic heterocycles. The highest BCUT2D eigenvalue weighted by molar-refractivity contribution is 8.00. The summed E-state index contributed by atoms with van der Waals surface area (Å²) < 4.78 is 7.41. The van der Waals surface area contributed by atoms with Crippen molar-refractivity contribution in [1.82, 2.24) is 19.7 Å². The molecule has 1 unspecified atom stereocenters. The highest BCUT2D eigenvalue weighted by Gasteiger charge is 2.28. The summed E-state index contributed by atoms with van der Waals surface area (Å²) in [5, 5.41) is 11.5. The molecule has 0 radical (unpaired) electrons. The average Bonchev–Trinajstić information content (AvgIpc) is 3.50. The molecule has 0 fully saturated rings. The molecule has 0 spiro atoms. The number of hydrogen-bond acceptors (Lipinski definition) is 6. The average molecular weight is 477 g/mol. The Bertz CT molecular complexity index is 1270. The van der Waals surface area contributed by atoms with Crippen LogP contribution in [-0.2, 0) is 17.8 Å². The molecule has 0 saturated carbocycles. The van der Waals surface area contributed by atoms with Crippen LogP contribution in [0.2, 0.25) is 0 Å². The molecule has 1 atom stereocenters. The summed E-state index contributed by atoms with van der Waals surface area (Å²) in [5.41, 5.74) is 3.12. The van der Waals surface area contributed by atoms with Gasteiger partial charge in [0.2, 0.25) is 5.91 Å². The van der Waals surface area contributed by atoms with Crippen molar-refractivity contribution in [3.8, 4) is 22.8 Å². The maximum atomic E-state index is 13.3. The third-order valence-electron chi connectivity index (χ3n) is 5.72. The van der Waals surface area contributed by atoms with Crippen LogP contribution in [0.1, 0.15) is 17.4 Å². The van der Waals surface area contributed by atoms with Crippen molar-refractivity contribution in [2.75, 3.05) is 13.7 Å². The van der Waals surface area contributed by atoms with E-state index in [0.717, 1.165) is 30.0 Å². The number of benzene rings is 2. The van der Waals surface area contributed by atoms with Crippen LogP contribution in [0.4, 0.5) is 0 Å². The van der Waals surface area contributed by atoms with E-state index in [4.69, 9.17) is 4.74 Å². The lowest BCUT2D eigenvalue weighted by molar-refractivity contribution is -0.131. The second kappa shape index (κ2) is 9.41. The van der Waals surface area contributed by atoms with E-state index in [0.29, 0.717) is 17.5 Å². The number of para-hydroxylation sites is 1. The predicted molar refractivity (Wildman–Crippen MR) is 132 cm³/mol. The van der Waals surface area contributed by atoms with Crippen molar-refractivity contribution < 1.29 is 9.53 Å². The predicted octanol–water partition coefficient (Wildman–Crippen LogP) is 5.07. The summed E-state index contributed by atoms with van der Waals surface area (Å²) >= 11 is 3.22. The maximum absolute atomic E-state index is 13.3. The summed E-state index contributed by atoms with van der Waals surface area (Å²) in [5.74, 6) is 1.59. The summed E-state index contributed by atoms with van der Waals surface area (Å²) in [6.45, 7) is 3.39. The molecule has 0 bridgehead atoms. The minimum Gasteiger partial charge on any atom is -0.497 e. The molecule has 33 heavy (non-hydrogen) atoms. The number of thioether (sulfide) groups is 1. The normalized spacial score (nSPS) is 14.1. The SMILES string of the molecule is COc1cccc(-c2nnc(SC(C)C(=O)N3CCc4sccc4C3)n2-c2ccccc2)c1. The summed E-state index contributed by atoms with van der Waals surface area (Å²) in [6, 6.07) is 19.9. The molecule has 1 amide bonds. The number of thiophene rings is 1. The minimum absolute atomic E-state index is 0.127. The third kappa shape index (κ3) is 4.41. The molecule has 3 heterocycles. The highest BCUT2D eigenvalue weighted by Crippen LogP contribution is 2.33. The van der Waals surface area contributed by atoms with Gasteiger partial charge in [-0.25, -0.2) is 0 Å². The lowest BCUT2D eigenvalue weighted by Crippen LogP contribution is -2.39. The van der Waals surface area contributed by atoms with Gasteiger partial charge in [0.25, 0.3) is 0 Å². The monoisotopic (exact) mass is 476 g/mol. The van der Waals surface area contributed by atoms with Crippen LogP contribution < -0.4 is 4.74 Å². The number of fused-ring (bicyclic) bond motifs is 1. The Hall–Kier alpha value is -3.10.